The van der Waals surface area contributed by atoms with E-state index in [0.717, 1.165) is 12.1 Å². The standard InChI is InChI=1S/C13H11N3O/c17-12-9-15-13-11(14-6-7-16(12)13)8-10-4-2-1-3-5-10/h1-7,9,14H,8H2. The van der Waals surface area contributed by atoms with Crippen LogP contribution in [0.25, 0.3) is 5.82 Å². The Kier molecular flexibility index (Phi) is 2.26. The molecule has 0 saturated heterocycles. The number of hydrogen-bond acceptors (Lipinski definition) is 2. The number of rotatable bonds is 2. The van der Waals surface area contributed by atoms with Gasteiger partial charge >= 0.3 is 0 Å². The molecule has 3 rings (SSSR count). The van der Waals surface area contributed by atoms with Gasteiger partial charge in [-0.1, -0.05) is 30.3 Å². The molecule has 17 heavy (non-hydrogen) atoms. The monoisotopic (exact) mass is 225 g/mol. The first-order chi connectivity index (χ1) is 8.34. The highest BCUT2D eigenvalue weighted by Gasteiger charge is 2.11. The molecule has 0 amide bonds. The van der Waals surface area contributed by atoms with Crippen molar-refractivity contribution in [3.8, 4) is 5.82 Å². The SMILES string of the molecule is O=c1cnc2c(Cc3ccccc3)[nH]ccn1-2. The number of imidazole rings is 1. The van der Waals surface area contributed by atoms with E-state index in [2.05, 4.69) is 22.1 Å². The summed E-state index contributed by atoms with van der Waals surface area (Å²) in [7, 11) is 0. The van der Waals surface area contributed by atoms with Crippen molar-refractivity contribution in [3.63, 3.8) is 0 Å². The summed E-state index contributed by atoms with van der Waals surface area (Å²) in [6.07, 6.45) is 5.53. The lowest BCUT2D eigenvalue weighted by Crippen LogP contribution is -2.13. The number of hydrogen-bond donors (Lipinski definition) is 1. The average molecular weight is 225 g/mol. The van der Waals surface area contributed by atoms with E-state index in [-0.39, 0.29) is 5.56 Å². The topological polar surface area (TPSA) is 50.7 Å². The number of benzene rings is 1. The Morgan fingerprint density at radius 3 is 2.88 bits per heavy atom. The quantitative estimate of drug-likeness (QED) is 0.720. The smallest absolute Gasteiger partial charge is 0.274 e. The minimum atomic E-state index is -0.0942. The summed E-state index contributed by atoms with van der Waals surface area (Å²) in [6.45, 7) is 0. The van der Waals surface area contributed by atoms with Crippen LogP contribution in [0, 0.1) is 0 Å². The van der Waals surface area contributed by atoms with E-state index in [1.54, 1.807) is 17.0 Å². The Morgan fingerprint density at radius 1 is 1.24 bits per heavy atom. The second kappa shape index (κ2) is 3.90. The van der Waals surface area contributed by atoms with Gasteiger partial charge in [-0.2, -0.15) is 0 Å². The van der Waals surface area contributed by atoms with E-state index in [9.17, 15) is 4.79 Å². The van der Waals surface area contributed by atoms with Crippen molar-refractivity contribution in [3.05, 3.63) is 70.5 Å². The zero-order valence-electron chi connectivity index (χ0n) is 9.13. The van der Waals surface area contributed by atoms with Gasteiger partial charge < -0.3 is 4.98 Å². The van der Waals surface area contributed by atoms with Crippen molar-refractivity contribution < 1.29 is 0 Å². The van der Waals surface area contributed by atoms with Crippen LogP contribution in [0.4, 0.5) is 0 Å². The van der Waals surface area contributed by atoms with Crippen molar-refractivity contribution >= 4 is 0 Å². The third-order valence-electron chi connectivity index (χ3n) is 2.74. The molecule has 84 valence electrons. The lowest BCUT2D eigenvalue weighted by atomic mass is 10.1. The van der Waals surface area contributed by atoms with Gasteiger partial charge in [0.05, 0.1) is 11.9 Å². The zero-order chi connectivity index (χ0) is 11.7. The number of aromatic nitrogens is 3. The van der Waals surface area contributed by atoms with Gasteiger partial charge in [-0.15, -0.1) is 0 Å². The van der Waals surface area contributed by atoms with Gasteiger partial charge in [0.2, 0.25) is 0 Å². The molecule has 1 aromatic rings. The molecule has 2 aliphatic heterocycles. The van der Waals surface area contributed by atoms with Gasteiger partial charge in [-0.05, 0) is 5.56 Å². The maximum Gasteiger partial charge on any atom is 0.274 e. The number of nitrogens with one attached hydrogen (secondary N) is 1. The van der Waals surface area contributed by atoms with Crippen LogP contribution in [-0.4, -0.2) is 14.5 Å². The molecule has 4 nitrogen and oxygen atoms in total. The average Bonchev–Trinajstić information content (AvgIpc) is 2.74. The summed E-state index contributed by atoms with van der Waals surface area (Å²) < 4.78 is 1.55. The van der Waals surface area contributed by atoms with Crippen LogP contribution < -0.4 is 5.56 Å². The molecule has 0 radical (unpaired) electrons. The second-order valence-electron chi connectivity index (χ2n) is 3.89. The fourth-order valence-electron chi connectivity index (χ4n) is 1.92. The van der Waals surface area contributed by atoms with Gasteiger partial charge in [0.25, 0.3) is 5.56 Å². The van der Waals surface area contributed by atoms with Gasteiger partial charge in [-0.25, -0.2) is 4.98 Å². The minimum absolute atomic E-state index is 0.0942. The van der Waals surface area contributed by atoms with Gasteiger partial charge in [0.1, 0.15) is 0 Å². The molecular formula is C13H11N3O. The van der Waals surface area contributed by atoms with Crippen molar-refractivity contribution in [2.75, 3.05) is 0 Å². The van der Waals surface area contributed by atoms with Crippen molar-refractivity contribution in [1.29, 1.82) is 0 Å². The second-order valence-corrected chi connectivity index (χ2v) is 3.89. The third-order valence-corrected chi connectivity index (χ3v) is 2.74. The fraction of sp³-hybridized carbons (Fsp3) is 0.0769. The summed E-state index contributed by atoms with van der Waals surface area (Å²) in [4.78, 5) is 18.8. The van der Waals surface area contributed by atoms with Crippen molar-refractivity contribution in [2.45, 2.75) is 6.42 Å². The van der Waals surface area contributed by atoms with Crippen LogP contribution in [0.5, 0.6) is 0 Å². The van der Waals surface area contributed by atoms with E-state index in [1.807, 2.05) is 18.2 Å². The largest absolute Gasteiger partial charge is 0.360 e. The van der Waals surface area contributed by atoms with Crippen LogP contribution >= 0.6 is 0 Å². The minimum Gasteiger partial charge on any atom is -0.360 e. The van der Waals surface area contributed by atoms with Crippen LogP contribution in [0.3, 0.4) is 0 Å². The molecular weight excluding hydrogens is 214 g/mol. The van der Waals surface area contributed by atoms with Crippen molar-refractivity contribution in [2.24, 2.45) is 0 Å². The summed E-state index contributed by atoms with van der Waals surface area (Å²) in [5, 5.41) is 0. The molecule has 0 fully saturated rings. The number of H-pyrrole nitrogens is 1. The molecule has 0 spiro atoms. The summed E-state index contributed by atoms with van der Waals surface area (Å²) in [6, 6.07) is 10.1. The lowest BCUT2D eigenvalue weighted by Gasteiger charge is -2.08. The van der Waals surface area contributed by atoms with Crippen LogP contribution in [-0.2, 0) is 6.42 Å². The van der Waals surface area contributed by atoms with E-state index < -0.39 is 0 Å². The lowest BCUT2D eigenvalue weighted by molar-refractivity contribution is 0.910. The molecule has 0 aliphatic carbocycles. The molecule has 2 aliphatic rings. The van der Waals surface area contributed by atoms with E-state index >= 15 is 0 Å². The predicted octanol–water partition coefficient (Wildman–Crippen LogP) is 1.59. The molecule has 0 saturated carbocycles. The molecule has 0 atom stereocenters. The maximum atomic E-state index is 11.5. The highest BCUT2D eigenvalue weighted by atomic mass is 16.1. The maximum absolute atomic E-state index is 11.5. The molecule has 1 N–H and O–H groups in total. The van der Waals surface area contributed by atoms with E-state index in [0.29, 0.717) is 5.82 Å². The Bertz CT molecular complexity index is 654. The Hall–Kier alpha value is -2.36. The Morgan fingerprint density at radius 2 is 2.06 bits per heavy atom. The first kappa shape index (κ1) is 9.84. The fourth-order valence-corrected chi connectivity index (χ4v) is 1.92. The molecule has 0 aromatic heterocycles. The first-order valence-electron chi connectivity index (χ1n) is 5.42. The van der Waals surface area contributed by atoms with E-state index in [4.69, 9.17) is 0 Å². The molecule has 1 aromatic carbocycles. The predicted molar refractivity (Wildman–Crippen MR) is 64.6 cm³/mol. The summed E-state index contributed by atoms with van der Waals surface area (Å²) in [5.74, 6) is 0.696. The number of aromatic amines is 1. The normalized spacial score (nSPS) is 10.8. The highest BCUT2D eigenvalue weighted by Crippen LogP contribution is 2.13. The molecule has 0 unspecified atom stereocenters. The van der Waals surface area contributed by atoms with Gasteiger partial charge in [0, 0.05) is 18.8 Å². The van der Waals surface area contributed by atoms with Crippen molar-refractivity contribution in [1.82, 2.24) is 14.5 Å². The number of fused-ring (bicyclic) bond motifs is 1. The molecule has 0 bridgehead atoms. The van der Waals surface area contributed by atoms with Crippen LogP contribution in [0.15, 0.2) is 53.7 Å². The Balaban J connectivity index is 2.03. The molecule has 4 heteroatoms. The van der Waals surface area contributed by atoms with Crippen LogP contribution in [0.2, 0.25) is 0 Å². The third kappa shape index (κ3) is 1.73. The first-order valence-corrected chi connectivity index (χ1v) is 5.42. The zero-order valence-corrected chi connectivity index (χ0v) is 9.13. The van der Waals surface area contributed by atoms with Gasteiger partial charge in [-0.3, -0.25) is 9.36 Å². The summed E-state index contributed by atoms with van der Waals surface area (Å²) >= 11 is 0. The van der Waals surface area contributed by atoms with Gasteiger partial charge in [0.15, 0.2) is 5.82 Å². The Labute approximate surface area is 97.9 Å². The van der Waals surface area contributed by atoms with Crippen LogP contribution in [0.1, 0.15) is 11.3 Å². The summed E-state index contributed by atoms with van der Waals surface area (Å²) in [5.41, 5.74) is 2.04. The number of nitrogens with zero attached hydrogens (tertiary/aromatic N) is 2. The molecule has 2 heterocycles. The van der Waals surface area contributed by atoms with E-state index in [1.165, 1.54) is 11.8 Å². The highest BCUT2D eigenvalue weighted by molar-refractivity contribution is 5.34.